The van der Waals surface area contributed by atoms with Gasteiger partial charge in [0, 0.05) is 0 Å². The first-order valence-corrected chi connectivity index (χ1v) is 5.01. The van der Waals surface area contributed by atoms with Crippen molar-refractivity contribution >= 4 is 10.1 Å². The van der Waals surface area contributed by atoms with Crippen molar-refractivity contribution < 1.29 is 17.0 Å². The predicted molar refractivity (Wildman–Crippen MR) is 42.1 cm³/mol. The Balaban J connectivity index is 2.82. The Morgan fingerprint density at radius 3 is 2.46 bits per heavy atom. The Morgan fingerprint density at radius 1 is 1.46 bits per heavy atom. The van der Waals surface area contributed by atoms with Crippen LogP contribution in [-0.4, -0.2) is 24.1 Å². The molecule has 13 heavy (non-hydrogen) atoms. The lowest BCUT2D eigenvalue weighted by Crippen LogP contribution is -2.13. The van der Waals surface area contributed by atoms with Crippen molar-refractivity contribution in [3.05, 3.63) is 18.2 Å². The first-order chi connectivity index (χ1) is 6.03. The maximum Gasteiger partial charge on any atom is 0.332 e. The van der Waals surface area contributed by atoms with E-state index in [1.165, 1.54) is 6.92 Å². The van der Waals surface area contributed by atoms with Crippen LogP contribution in [0, 0.1) is 5.82 Å². The fourth-order valence-electron chi connectivity index (χ4n) is 0.516. The maximum absolute atomic E-state index is 12.3. The number of nitrogens with zero attached hydrogens (tertiary/aromatic N) is 2. The molecule has 0 amide bonds. The normalized spacial score (nSPS) is 11.2. The quantitative estimate of drug-likeness (QED) is 0.667. The Kier molecular flexibility index (Phi) is 2.76. The summed E-state index contributed by atoms with van der Waals surface area (Å²) in [6.45, 7) is 1.42. The number of aromatic nitrogens is 2. The molecule has 0 aliphatic rings. The summed E-state index contributed by atoms with van der Waals surface area (Å²) in [5, 5.41) is 0. The second kappa shape index (κ2) is 3.65. The van der Waals surface area contributed by atoms with Gasteiger partial charge < -0.3 is 4.18 Å². The number of rotatable bonds is 3. The molecule has 1 aromatic heterocycles. The lowest BCUT2D eigenvalue weighted by Gasteiger charge is -2.00. The van der Waals surface area contributed by atoms with Crippen LogP contribution in [0.4, 0.5) is 4.39 Å². The van der Waals surface area contributed by atoms with Crippen molar-refractivity contribution in [2.75, 3.05) is 5.75 Å². The van der Waals surface area contributed by atoms with E-state index in [0.717, 1.165) is 12.4 Å². The van der Waals surface area contributed by atoms with Crippen LogP contribution in [0.3, 0.4) is 0 Å². The monoisotopic (exact) mass is 206 g/mol. The summed E-state index contributed by atoms with van der Waals surface area (Å²) in [6, 6.07) is -0.372. The van der Waals surface area contributed by atoms with E-state index < -0.39 is 15.9 Å². The van der Waals surface area contributed by atoms with E-state index in [1.54, 1.807) is 0 Å². The van der Waals surface area contributed by atoms with Crippen molar-refractivity contribution in [2.45, 2.75) is 6.92 Å². The molecule has 0 bridgehead atoms. The third kappa shape index (κ3) is 2.94. The third-order valence-corrected chi connectivity index (χ3v) is 2.26. The van der Waals surface area contributed by atoms with Gasteiger partial charge in [-0.1, -0.05) is 0 Å². The van der Waals surface area contributed by atoms with Crippen LogP contribution in [0.5, 0.6) is 6.01 Å². The lowest BCUT2D eigenvalue weighted by molar-refractivity contribution is 0.461. The number of hydrogen-bond acceptors (Lipinski definition) is 5. The van der Waals surface area contributed by atoms with Crippen molar-refractivity contribution in [3.63, 3.8) is 0 Å². The third-order valence-electron chi connectivity index (χ3n) is 1.15. The molecule has 0 spiro atoms. The molecule has 0 aliphatic carbocycles. The summed E-state index contributed by atoms with van der Waals surface area (Å²) in [7, 11) is -3.63. The van der Waals surface area contributed by atoms with Crippen LogP contribution < -0.4 is 4.18 Å². The zero-order chi connectivity index (χ0) is 9.90. The van der Waals surface area contributed by atoms with Gasteiger partial charge in [0.2, 0.25) is 0 Å². The largest absolute Gasteiger partial charge is 0.343 e. The van der Waals surface area contributed by atoms with Crippen LogP contribution in [0.2, 0.25) is 0 Å². The van der Waals surface area contributed by atoms with E-state index in [-0.39, 0.29) is 11.8 Å². The first-order valence-electron chi connectivity index (χ1n) is 3.43. The van der Waals surface area contributed by atoms with Crippen molar-refractivity contribution in [3.8, 4) is 6.01 Å². The van der Waals surface area contributed by atoms with Crippen LogP contribution in [-0.2, 0) is 10.1 Å². The van der Waals surface area contributed by atoms with Crippen molar-refractivity contribution in [1.82, 2.24) is 9.97 Å². The minimum atomic E-state index is -3.63. The molecule has 0 aliphatic heterocycles. The standard InChI is InChI=1S/C6H7FN2O3S/c1-2-13(10,11)12-6-8-3-5(7)4-9-6/h3-4H,2H2,1H3. The van der Waals surface area contributed by atoms with Gasteiger partial charge in [0.25, 0.3) is 0 Å². The number of halogens is 1. The van der Waals surface area contributed by atoms with Gasteiger partial charge >= 0.3 is 16.1 Å². The Bertz CT molecular complexity index is 375. The summed E-state index contributed by atoms with van der Waals surface area (Å²) >= 11 is 0. The summed E-state index contributed by atoms with van der Waals surface area (Å²) in [6.07, 6.45) is 1.65. The second-order valence-corrected chi connectivity index (χ2v) is 3.97. The van der Waals surface area contributed by atoms with E-state index in [9.17, 15) is 12.8 Å². The maximum atomic E-state index is 12.3. The second-order valence-electron chi connectivity index (χ2n) is 2.11. The van der Waals surface area contributed by atoms with Gasteiger partial charge in [-0.05, 0) is 6.92 Å². The molecule has 0 saturated carbocycles. The van der Waals surface area contributed by atoms with Gasteiger partial charge in [-0.2, -0.15) is 18.4 Å². The minimum Gasteiger partial charge on any atom is -0.343 e. The van der Waals surface area contributed by atoms with Crippen molar-refractivity contribution in [2.24, 2.45) is 0 Å². The van der Waals surface area contributed by atoms with Crippen LogP contribution >= 0.6 is 0 Å². The highest BCUT2D eigenvalue weighted by Crippen LogP contribution is 2.04. The lowest BCUT2D eigenvalue weighted by atomic mass is 10.6. The molecule has 1 heterocycles. The summed E-state index contributed by atoms with van der Waals surface area (Å²) in [5.74, 6) is -0.838. The molecular formula is C6H7FN2O3S. The van der Waals surface area contributed by atoms with E-state index in [1.807, 2.05) is 0 Å². The molecule has 0 atom stereocenters. The highest BCUT2D eigenvalue weighted by atomic mass is 32.2. The molecular weight excluding hydrogens is 199 g/mol. The van der Waals surface area contributed by atoms with Crippen LogP contribution in [0.1, 0.15) is 6.92 Å². The number of hydrogen-bond donors (Lipinski definition) is 0. The van der Waals surface area contributed by atoms with E-state index in [0.29, 0.717) is 0 Å². The molecule has 0 saturated heterocycles. The van der Waals surface area contributed by atoms with Gasteiger partial charge in [0.1, 0.15) is 0 Å². The molecule has 1 rings (SSSR count). The van der Waals surface area contributed by atoms with E-state index in [4.69, 9.17) is 0 Å². The molecule has 5 nitrogen and oxygen atoms in total. The Morgan fingerprint density at radius 2 is 2.00 bits per heavy atom. The van der Waals surface area contributed by atoms with Crippen LogP contribution in [0.25, 0.3) is 0 Å². The molecule has 0 N–H and O–H groups in total. The molecule has 0 radical (unpaired) electrons. The SMILES string of the molecule is CCS(=O)(=O)Oc1ncc(F)cn1. The summed E-state index contributed by atoms with van der Waals surface area (Å²) < 4.78 is 38.4. The van der Waals surface area contributed by atoms with E-state index >= 15 is 0 Å². The average molecular weight is 206 g/mol. The van der Waals surface area contributed by atoms with Gasteiger partial charge in [0.05, 0.1) is 18.1 Å². The highest BCUT2D eigenvalue weighted by molar-refractivity contribution is 7.87. The topological polar surface area (TPSA) is 69.2 Å². The van der Waals surface area contributed by atoms with E-state index in [2.05, 4.69) is 14.2 Å². The van der Waals surface area contributed by atoms with Crippen molar-refractivity contribution in [1.29, 1.82) is 0 Å². The van der Waals surface area contributed by atoms with Gasteiger partial charge in [0.15, 0.2) is 5.82 Å². The molecule has 0 fully saturated rings. The van der Waals surface area contributed by atoms with Gasteiger partial charge in [-0.15, -0.1) is 0 Å². The average Bonchev–Trinajstić information content (AvgIpc) is 2.09. The van der Waals surface area contributed by atoms with Gasteiger partial charge in [-0.25, -0.2) is 4.39 Å². The molecule has 0 aromatic carbocycles. The first kappa shape index (κ1) is 9.85. The molecule has 0 unspecified atom stereocenters. The summed E-state index contributed by atoms with van der Waals surface area (Å²) in [5.41, 5.74) is 0. The molecule has 1 aromatic rings. The predicted octanol–water partition coefficient (Wildman–Crippen LogP) is 0.344. The zero-order valence-electron chi connectivity index (χ0n) is 6.77. The fourth-order valence-corrected chi connectivity index (χ4v) is 0.947. The molecule has 7 heteroatoms. The zero-order valence-corrected chi connectivity index (χ0v) is 7.58. The minimum absolute atomic E-state index is 0.187. The molecule has 72 valence electrons. The summed E-state index contributed by atoms with van der Waals surface area (Å²) in [4.78, 5) is 6.65. The van der Waals surface area contributed by atoms with Gasteiger partial charge in [-0.3, -0.25) is 0 Å². The smallest absolute Gasteiger partial charge is 0.332 e. The highest BCUT2D eigenvalue weighted by Gasteiger charge is 2.10. The Hall–Kier alpha value is -1.24. The van der Waals surface area contributed by atoms with Crippen LogP contribution in [0.15, 0.2) is 12.4 Å². The Labute approximate surface area is 74.7 Å². The fraction of sp³-hybridized carbons (Fsp3) is 0.333.